The molecule has 0 aliphatic heterocycles. The average molecular weight is 486 g/mol. The molecule has 0 spiro atoms. The summed E-state index contributed by atoms with van der Waals surface area (Å²) in [6, 6.07) is 17.0. The number of amides is 3. The van der Waals surface area contributed by atoms with Gasteiger partial charge in [-0.05, 0) is 70.0 Å². The maximum atomic E-state index is 12.3. The fourth-order valence-electron chi connectivity index (χ4n) is 2.69. The topological polar surface area (TPSA) is 110 Å². The van der Waals surface area contributed by atoms with Crippen molar-refractivity contribution in [2.45, 2.75) is 6.42 Å². The Balaban J connectivity index is 1.50. The Kier molecular flexibility index (Phi) is 7.58. The summed E-state index contributed by atoms with van der Waals surface area (Å²) in [6.45, 7) is -0.0262. The summed E-state index contributed by atoms with van der Waals surface area (Å²) in [7, 11) is 1.45. The zero-order valence-corrected chi connectivity index (χ0v) is 18.2. The first-order valence-electron chi connectivity index (χ1n) is 9.27. The second-order valence-corrected chi connectivity index (χ2v) is 7.32. The van der Waals surface area contributed by atoms with E-state index in [1.54, 1.807) is 60.7 Å². The van der Waals surface area contributed by atoms with E-state index in [9.17, 15) is 14.4 Å². The normalized spacial score (nSPS) is 10.4. The lowest BCUT2D eigenvalue weighted by Crippen LogP contribution is -2.17. The lowest BCUT2D eigenvalue weighted by atomic mass is 10.1. The van der Waals surface area contributed by atoms with E-state index in [-0.39, 0.29) is 36.5 Å². The van der Waals surface area contributed by atoms with Gasteiger partial charge in [-0.2, -0.15) is 0 Å². The molecule has 0 unspecified atom stereocenters. The van der Waals surface area contributed by atoms with Gasteiger partial charge >= 0.3 is 0 Å². The van der Waals surface area contributed by atoms with Gasteiger partial charge in [-0.1, -0.05) is 12.1 Å². The molecule has 3 N–H and O–H groups in total. The molecule has 9 heteroatoms. The quantitative estimate of drug-likeness (QED) is 0.445. The van der Waals surface area contributed by atoms with E-state index >= 15 is 0 Å². The lowest BCUT2D eigenvalue weighted by molar-refractivity contribution is -0.119. The highest BCUT2D eigenvalue weighted by atomic mass is 79.9. The zero-order valence-electron chi connectivity index (χ0n) is 16.6. The minimum atomic E-state index is -0.363. The van der Waals surface area contributed by atoms with Crippen LogP contribution < -0.4 is 16.0 Å². The predicted molar refractivity (Wildman–Crippen MR) is 120 cm³/mol. The van der Waals surface area contributed by atoms with E-state index in [1.165, 1.54) is 7.11 Å². The minimum Gasteiger partial charge on any atom is -0.444 e. The van der Waals surface area contributed by atoms with Crippen molar-refractivity contribution >= 4 is 50.7 Å². The van der Waals surface area contributed by atoms with Gasteiger partial charge in [0.1, 0.15) is 6.61 Å². The van der Waals surface area contributed by atoms with Crippen molar-refractivity contribution in [3.05, 3.63) is 76.7 Å². The molecule has 1 aromatic heterocycles. The molecule has 0 fully saturated rings. The highest BCUT2D eigenvalue weighted by Gasteiger charge is 2.11. The number of rotatable bonds is 8. The summed E-state index contributed by atoms with van der Waals surface area (Å²) in [6.07, 6.45) is 0.172. The molecule has 31 heavy (non-hydrogen) atoms. The fourth-order valence-corrected chi connectivity index (χ4v) is 3.00. The van der Waals surface area contributed by atoms with Crippen molar-refractivity contribution in [1.29, 1.82) is 0 Å². The molecule has 8 nitrogen and oxygen atoms in total. The first kappa shape index (κ1) is 22.3. The number of nitrogens with one attached hydrogen (secondary N) is 3. The smallest absolute Gasteiger partial charge is 0.291 e. The second-order valence-electron chi connectivity index (χ2n) is 6.54. The fraction of sp³-hybridized carbons (Fsp3) is 0.136. The molecule has 0 aliphatic rings. The first-order valence-corrected chi connectivity index (χ1v) is 10.1. The molecule has 2 aromatic carbocycles. The molecule has 0 saturated heterocycles. The minimum absolute atomic E-state index is 0.0262. The highest BCUT2D eigenvalue weighted by Crippen LogP contribution is 2.17. The number of halogens is 1. The third-order valence-corrected chi connectivity index (χ3v) is 4.53. The molecule has 0 radical (unpaired) electrons. The van der Waals surface area contributed by atoms with Crippen LogP contribution in [0.3, 0.4) is 0 Å². The summed E-state index contributed by atoms with van der Waals surface area (Å²) in [5, 5.41) is 8.21. The summed E-state index contributed by atoms with van der Waals surface area (Å²) in [5.41, 5.74) is 2.61. The molecule has 1 heterocycles. The number of anilines is 3. The SMILES string of the molecule is COCC(=O)Nc1ccc(NC(=O)Cc2ccc(NC(=O)c3ccc(Br)o3)cc2)cc1. The third-order valence-electron chi connectivity index (χ3n) is 4.10. The Morgan fingerprint density at radius 2 is 1.35 bits per heavy atom. The van der Waals surface area contributed by atoms with Crippen LogP contribution in [0.25, 0.3) is 0 Å². The predicted octanol–water partition coefficient (Wildman–Crippen LogP) is 4.06. The Hall–Kier alpha value is -3.43. The highest BCUT2D eigenvalue weighted by molar-refractivity contribution is 9.10. The van der Waals surface area contributed by atoms with Gasteiger partial charge in [0.25, 0.3) is 5.91 Å². The molecule has 3 aromatic rings. The number of carbonyl (C=O) groups is 3. The third kappa shape index (κ3) is 6.80. The number of ether oxygens (including phenoxy) is 1. The molecule has 0 bridgehead atoms. The standard InChI is InChI=1S/C22H20BrN3O5/c1-30-13-21(28)25-16-8-6-15(7-9-16)24-20(27)12-14-2-4-17(5-3-14)26-22(29)18-10-11-19(23)31-18/h2-11H,12-13H2,1H3,(H,24,27)(H,25,28)(H,26,29). The van der Waals surface area contributed by atoms with Gasteiger partial charge in [0, 0.05) is 24.2 Å². The number of benzene rings is 2. The van der Waals surface area contributed by atoms with Crippen molar-refractivity contribution < 1.29 is 23.5 Å². The number of hydrogen-bond donors (Lipinski definition) is 3. The monoisotopic (exact) mass is 485 g/mol. The number of furan rings is 1. The molecule has 3 amide bonds. The average Bonchev–Trinajstić information content (AvgIpc) is 3.17. The molecule has 0 atom stereocenters. The number of hydrogen-bond acceptors (Lipinski definition) is 5. The van der Waals surface area contributed by atoms with Crippen molar-refractivity contribution in [2.75, 3.05) is 29.7 Å². The summed E-state index contributed by atoms with van der Waals surface area (Å²) >= 11 is 3.15. The van der Waals surface area contributed by atoms with E-state index in [0.717, 1.165) is 5.56 Å². The van der Waals surface area contributed by atoms with Gasteiger partial charge < -0.3 is 25.1 Å². The summed E-state index contributed by atoms with van der Waals surface area (Å²) in [5.74, 6) is -0.609. The van der Waals surface area contributed by atoms with Gasteiger partial charge in [0.05, 0.1) is 6.42 Å². The van der Waals surface area contributed by atoms with Crippen molar-refractivity contribution in [3.8, 4) is 0 Å². The molecule has 3 rings (SSSR count). The van der Waals surface area contributed by atoms with Crippen molar-refractivity contribution in [2.24, 2.45) is 0 Å². The summed E-state index contributed by atoms with van der Waals surface area (Å²) in [4.78, 5) is 35.9. The first-order chi connectivity index (χ1) is 14.9. The maximum Gasteiger partial charge on any atom is 0.291 e. The summed E-state index contributed by atoms with van der Waals surface area (Å²) < 4.78 is 10.4. The van der Waals surface area contributed by atoms with Crippen LogP contribution in [0, 0.1) is 0 Å². The van der Waals surface area contributed by atoms with E-state index < -0.39 is 0 Å². The van der Waals surface area contributed by atoms with Gasteiger partial charge in [-0.3, -0.25) is 14.4 Å². The van der Waals surface area contributed by atoms with E-state index in [0.29, 0.717) is 21.7 Å². The molecule has 0 aliphatic carbocycles. The van der Waals surface area contributed by atoms with Gasteiger partial charge in [0.2, 0.25) is 11.8 Å². The number of methoxy groups -OCH3 is 1. The van der Waals surface area contributed by atoms with Gasteiger partial charge in [-0.15, -0.1) is 0 Å². The maximum absolute atomic E-state index is 12.3. The van der Waals surface area contributed by atoms with Crippen LogP contribution in [0.1, 0.15) is 16.1 Å². The van der Waals surface area contributed by atoms with Crippen LogP contribution >= 0.6 is 15.9 Å². The van der Waals surface area contributed by atoms with Crippen LogP contribution in [-0.4, -0.2) is 31.4 Å². The molecular weight excluding hydrogens is 466 g/mol. The second kappa shape index (κ2) is 10.6. The lowest BCUT2D eigenvalue weighted by Gasteiger charge is -2.08. The van der Waals surface area contributed by atoms with Crippen molar-refractivity contribution in [1.82, 2.24) is 0 Å². The van der Waals surface area contributed by atoms with Crippen LogP contribution in [0.4, 0.5) is 17.1 Å². The van der Waals surface area contributed by atoms with Gasteiger partial charge in [-0.25, -0.2) is 0 Å². The van der Waals surface area contributed by atoms with Gasteiger partial charge in [0.15, 0.2) is 10.4 Å². The molecule has 0 saturated carbocycles. The van der Waals surface area contributed by atoms with Crippen LogP contribution in [0.15, 0.2) is 69.8 Å². The van der Waals surface area contributed by atoms with Crippen LogP contribution in [0.5, 0.6) is 0 Å². The van der Waals surface area contributed by atoms with E-state index in [4.69, 9.17) is 9.15 Å². The Morgan fingerprint density at radius 1 is 0.806 bits per heavy atom. The Bertz CT molecular complexity index is 1060. The van der Waals surface area contributed by atoms with E-state index in [1.807, 2.05) is 0 Å². The number of carbonyl (C=O) groups excluding carboxylic acids is 3. The van der Waals surface area contributed by atoms with Crippen LogP contribution in [-0.2, 0) is 20.7 Å². The zero-order chi connectivity index (χ0) is 22.2. The van der Waals surface area contributed by atoms with E-state index in [2.05, 4.69) is 31.9 Å². The molecular formula is C22H20BrN3O5. The Morgan fingerprint density at radius 3 is 1.90 bits per heavy atom. The molecule has 160 valence electrons. The van der Waals surface area contributed by atoms with Crippen LogP contribution in [0.2, 0.25) is 0 Å². The van der Waals surface area contributed by atoms with Crippen molar-refractivity contribution in [3.63, 3.8) is 0 Å². The Labute approximate surface area is 187 Å². The largest absolute Gasteiger partial charge is 0.444 e.